The van der Waals surface area contributed by atoms with E-state index in [1.165, 1.54) is 51.4 Å². The first-order chi connectivity index (χ1) is 7.95. The van der Waals surface area contributed by atoms with Crippen molar-refractivity contribution in [3.63, 3.8) is 0 Å². The number of aliphatic imine (C=N–C) groups is 1. The van der Waals surface area contributed by atoms with E-state index in [4.69, 9.17) is 4.99 Å². The molecule has 1 heteroatoms. The van der Waals surface area contributed by atoms with Crippen molar-refractivity contribution in [1.82, 2.24) is 0 Å². The summed E-state index contributed by atoms with van der Waals surface area (Å²) in [5, 5.41) is 0. The van der Waals surface area contributed by atoms with Crippen LogP contribution in [0.2, 0.25) is 0 Å². The van der Waals surface area contributed by atoms with Crippen LogP contribution in [0.15, 0.2) is 17.1 Å². The molecular formula is C15H23N. The van der Waals surface area contributed by atoms with Crippen molar-refractivity contribution in [3.8, 4) is 0 Å². The van der Waals surface area contributed by atoms with Crippen LogP contribution in [0, 0.1) is 17.8 Å². The Labute approximate surface area is 99.0 Å². The fraction of sp³-hybridized carbons (Fsp3) is 0.800. The van der Waals surface area contributed by atoms with Crippen molar-refractivity contribution in [2.24, 2.45) is 22.7 Å². The average Bonchev–Trinajstić information content (AvgIpc) is 2.39. The molecule has 1 nitrogen and oxygen atoms in total. The van der Waals surface area contributed by atoms with Gasteiger partial charge in [0.25, 0.3) is 0 Å². The van der Waals surface area contributed by atoms with Crippen LogP contribution in [0.1, 0.15) is 51.4 Å². The van der Waals surface area contributed by atoms with E-state index in [1.54, 1.807) is 0 Å². The van der Waals surface area contributed by atoms with Crippen molar-refractivity contribution in [1.29, 1.82) is 0 Å². The summed E-state index contributed by atoms with van der Waals surface area (Å²) in [6, 6.07) is 0.641. The van der Waals surface area contributed by atoms with E-state index < -0.39 is 0 Å². The van der Waals surface area contributed by atoms with Gasteiger partial charge in [-0.1, -0.05) is 44.6 Å². The Morgan fingerprint density at radius 2 is 1.75 bits per heavy atom. The summed E-state index contributed by atoms with van der Waals surface area (Å²) in [5.41, 5.74) is 0. The minimum atomic E-state index is 0.641. The number of rotatable bonds is 1. The minimum Gasteiger partial charge on any atom is -0.289 e. The zero-order valence-electron chi connectivity index (χ0n) is 10.1. The van der Waals surface area contributed by atoms with Crippen molar-refractivity contribution >= 4 is 6.21 Å². The molecule has 0 amide bonds. The second kappa shape index (κ2) is 4.73. The van der Waals surface area contributed by atoms with E-state index in [0.717, 1.165) is 17.8 Å². The minimum absolute atomic E-state index is 0.641. The molecule has 0 radical (unpaired) electrons. The maximum Gasteiger partial charge on any atom is 0.0592 e. The highest BCUT2D eigenvalue weighted by molar-refractivity contribution is 5.72. The molecule has 88 valence electrons. The summed E-state index contributed by atoms with van der Waals surface area (Å²) in [5.74, 6) is 2.66. The summed E-state index contributed by atoms with van der Waals surface area (Å²) in [7, 11) is 0. The van der Waals surface area contributed by atoms with E-state index in [0.29, 0.717) is 6.04 Å². The average molecular weight is 217 g/mol. The third-order valence-corrected chi connectivity index (χ3v) is 4.91. The van der Waals surface area contributed by atoms with Gasteiger partial charge in [0.05, 0.1) is 6.04 Å². The Kier molecular flexibility index (Phi) is 3.12. The number of dihydropyridines is 1. The zero-order valence-corrected chi connectivity index (χ0v) is 10.1. The van der Waals surface area contributed by atoms with Gasteiger partial charge in [0.2, 0.25) is 0 Å². The monoisotopic (exact) mass is 217 g/mol. The first-order valence-corrected chi connectivity index (χ1v) is 7.15. The number of hydrogen-bond acceptors (Lipinski definition) is 1. The Balaban J connectivity index is 1.73. The van der Waals surface area contributed by atoms with Gasteiger partial charge in [0, 0.05) is 6.21 Å². The molecule has 1 heterocycles. The molecular weight excluding hydrogens is 194 g/mol. The van der Waals surface area contributed by atoms with Gasteiger partial charge in [0.1, 0.15) is 0 Å². The van der Waals surface area contributed by atoms with Crippen molar-refractivity contribution in [2.45, 2.75) is 57.4 Å². The predicted octanol–water partition coefficient (Wildman–Crippen LogP) is 3.99. The highest BCUT2D eigenvalue weighted by atomic mass is 14.8. The van der Waals surface area contributed by atoms with Gasteiger partial charge in [-0.3, -0.25) is 4.99 Å². The van der Waals surface area contributed by atoms with E-state index in [9.17, 15) is 0 Å². The molecule has 0 aromatic carbocycles. The molecule has 2 fully saturated rings. The standard InChI is InChI=1S/C15H23N/c1-2-6-12(7-3-1)14-10-4-8-13-9-5-11-16-15(13)14/h5,9,11-15H,1-4,6-8,10H2. The molecule has 3 atom stereocenters. The van der Waals surface area contributed by atoms with Crippen LogP contribution in [0.5, 0.6) is 0 Å². The second-order valence-electron chi connectivity index (χ2n) is 5.83. The SMILES string of the molecule is C1=CC2CCCC(C3CCCCC3)C2N=C1. The van der Waals surface area contributed by atoms with Crippen LogP contribution in [0.3, 0.4) is 0 Å². The van der Waals surface area contributed by atoms with E-state index in [1.807, 2.05) is 6.21 Å². The summed E-state index contributed by atoms with van der Waals surface area (Å²) in [6.45, 7) is 0. The Morgan fingerprint density at radius 1 is 0.875 bits per heavy atom. The molecule has 0 aromatic heterocycles. The number of fused-ring (bicyclic) bond motifs is 1. The van der Waals surface area contributed by atoms with E-state index in [-0.39, 0.29) is 0 Å². The lowest BCUT2D eigenvalue weighted by atomic mass is 9.67. The van der Waals surface area contributed by atoms with Crippen LogP contribution >= 0.6 is 0 Å². The summed E-state index contributed by atoms with van der Waals surface area (Å²) in [4.78, 5) is 4.80. The highest BCUT2D eigenvalue weighted by Gasteiger charge is 2.37. The predicted molar refractivity (Wildman–Crippen MR) is 68.8 cm³/mol. The molecule has 0 spiro atoms. The molecule has 2 aliphatic carbocycles. The maximum absolute atomic E-state index is 4.80. The summed E-state index contributed by atoms with van der Waals surface area (Å²) in [6.07, 6.45) is 18.2. The first kappa shape index (κ1) is 10.6. The van der Waals surface area contributed by atoms with Gasteiger partial charge >= 0.3 is 0 Å². The Bertz CT molecular complexity index is 286. The molecule has 16 heavy (non-hydrogen) atoms. The molecule has 0 aromatic rings. The van der Waals surface area contributed by atoms with Gasteiger partial charge in [-0.15, -0.1) is 0 Å². The van der Waals surface area contributed by atoms with Crippen molar-refractivity contribution in [2.75, 3.05) is 0 Å². The van der Waals surface area contributed by atoms with Crippen LogP contribution in [0.25, 0.3) is 0 Å². The topological polar surface area (TPSA) is 12.4 Å². The first-order valence-electron chi connectivity index (χ1n) is 7.15. The number of hydrogen-bond donors (Lipinski definition) is 0. The van der Waals surface area contributed by atoms with Crippen LogP contribution in [0.4, 0.5) is 0 Å². The molecule has 2 saturated carbocycles. The van der Waals surface area contributed by atoms with Gasteiger partial charge in [-0.05, 0) is 36.7 Å². The largest absolute Gasteiger partial charge is 0.289 e. The molecule has 3 unspecified atom stereocenters. The Morgan fingerprint density at radius 3 is 2.62 bits per heavy atom. The van der Waals surface area contributed by atoms with E-state index >= 15 is 0 Å². The lowest BCUT2D eigenvalue weighted by Crippen LogP contribution is -2.37. The van der Waals surface area contributed by atoms with E-state index in [2.05, 4.69) is 12.2 Å². The summed E-state index contributed by atoms with van der Waals surface area (Å²) >= 11 is 0. The molecule has 0 bridgehead atoms. The van der Waals surface area contributed by atoms with Gasteiger partial charge in [-0.25, -0.2) is 0 Å². The fourth-order valence-corrected chi connectivity index (χ4v) is 4.10. The quantitative estimate of drug-likeness (QED) is 0.629. The molecule has 1 aliphatic heterocycles. The second-order valence-corrected chi connectivity index (χ2v) is 5.83. The van der Waals surface area contributed by atoms with Gasteiger partial charge in [-0.2, -0.15) is 0 Å². The maximum atomic E-state index is 4.80. The molecule has 0 saturated heterocycles. The number of nitrogens with zero attached hydrogens (tertiary/aromatic N) is 1. The van der Waals surface area contributed by atoms with Gasteiger partial charge in [0.15, 0.2) is 0 Å². The highest BCUT2D eigenvalue weighted by Crippen LogP contribution is 2.42. The smallest absolute Gasteiger partial charge is 0.0592 e. The third-order valence-electron chi connectivity index (χ3n) is 4.91. The van der Waals surface area contributed by atoms with Gasteiger partial charge < -0.3 is 0 Å². The lowest BCUT2D eigenvalue weighted by molar-refractivity contribution is 0.148. The molecule has 3 rings (SSSR count). The normalized spacial score (nSPS) is 39.6. The fourth-order valence-electron chi connectivity index (χ4n) is 4.10. The zero-order chi connectivity index (χ0) is 10.8. The number of allylic oxidation sites excluding steroid dienone is 1. The third kappa shape index (κ3) is 1.97. The van der Waals surface area contributed by atoms with Crippen LogP contribution in [-0.2, 0) is 0 Å². The Hall–Kier alpha value is -0.590. The van der Waals surface area contributed by atoms with Crippen LogP contribution in [-0.4, -0.2) is 12.3 Å². The molecule has 0 N–H and O–H groups in total. The van der Waals surface area contributed by atoms with Crippen molar-refractivity contribution < 1.29 is 0 Å². The van der Waals surface area contributed by atoms with Crippen LogP contribution < -0.4 is 0 Å². The lowest BCUT2D eigenvalue weighted by Gasteiger charge is -2.41. The molecule has 3 aliphatic rings. The summed E-state index contributed by atoms with van der Waals surface area (Å²) < 4.78 is 0. The van der Waals surface area contributed by atoms with Crippen molar-refractivity contribution in [3.05, 3.63) is 12.2 Å².